The second-order valence-electron chi connectivity index (χ2n) is 7.55. The molecule has 2 nitrogen and oxygen atoms in total. The molecule has 0 amide bonds. The molecule has 0 unspecified atom stereocenters. The molecule has 0 spiro atoms. The summed E-state index contributed by atoms with van der Waals surface area (Å²) in [5.74, 6) is 4.68. The van der Waals surface area contributed by atoms with Crippen LogP contribution in [-0.2, 0) is 28.8 Å². The van der Waals surface area contributed by atoms with Crippen LogP contribution in [0.5, 0.6) is 0 Å². The van der Waals surface area contributed by atoms with Gasteiger partial charge in [-0.25, -0.2) is 0 Å². The SMILES string of the molecule is CC1C(C)C(C)C(C)C1C.C[Si](C)[Si](C)(C)C.[C-]#[O+].[C-]#[O+].[Ru+]. The zero-order chi connectivity index (χ0) is 18.0. The molecule has 1 fully saturated rings. The zero-order valence-electron chi connectivity index (χ0n) is 16.1. The van der Waals surface area contributed by atoms with Crippen molar-refractivity contribution in [3.63, 3.8) is 0 Å². The average molecular weight is 429 g/mol. The van der Waals surface area contributed by atoms with Gasteiger partial charge >= 0.3 is 42.1 Å². The third kappa shape index (κ3) is 11.1. The first kappa shape index (κ1) is 30.4. The molecule has 1 aliphatic carbocycles. The summed E-state index contributed by atoms with van der Waals surface area (Å²) in [6, 6.07) is 0. The topological polar surface area (TPSA) is 39.8 Å². The molecule has 0 heterocycles. The fourth-order valence-electron chi connectivity index (χ4n) is 2.39. The molecular weight excluding hydrogens is 393 g/mol. The van der Waals surface area contributed by atoms with Crippen LogP contribution in [0, 0.1) is 42.9 Å². The van der Waals surface area contributed by atoms with E-state index in [0.29, 0.717) is 0 Å². The summed E-state index contributed by atoms with van der Waals surface area (Å²) in [6.45, 7) is 33.2. The van der Waals surface area contributed by atoms with Crippen molar-refractivity contribution < 1.29 is 28.8 Å². The molecule has 130 valence electrons. The van der Waals surface area contributed by atoms with E-state index in [1.54, 1.807) is 0 Å². The predicted octanol–water partition coefficient (Wildman–Crippen LogP) is 5.26. The molecule has 0 N–H and O–H groups in total. The predicted molar refractivity (Wildman–Crippen MR) is 94.5 cm³/mol. The molecule has 0 saturated heterocycles. The van der Waals surface area contributed by atoms with E-state index in [1.165, 1.54) is 0 Å². The quantitative estimate of drug-likeness (QED) is 0.310. The first-order valence-corrected chi connectivity index (χ1v) is 14.7. The normalized spacial score (nSPS) is 29.5. The Hall–Kier alpha value is 0.537. The molecule has 2 radical (unpaired) electrons. The van der Waals surface area contributed by atoms with Gasteiger partial charge in [-0.3, -0.25) is 0 Å². The van der Waals surface area contributed by atoms with E-state index in [4.69, 9.17) is 9.30 Å². The fourth-order valence-corrected chi connectivity index (χ4v) is 2.39. The van der Waals surface area contributed by atoms with Crippen LogP contribution < -0.4 is 0 Å². The Morgan fingerprint density at radius 2 is 0.727 bits per heavy atom. The van der Waals surface area contributed by atoms with E-state index in [1.807, 2.05) is 0 Å². The second-order valence-corrected chi connectivity index (χ2v) is 21.5. The summed E-state index contributed by atoms with van der Waals surface area (Å²) < 4.78 is 15.0. The van der Waals surface area contributed by atoms with Crippen molar-refractivity contribution in [2.45, 2.75) is 67.4 Å². The summed E-state index contributed by atoms with van der Waals surface area (Å²) in [7, 11) is -0.544. The minimum atomic E-state index is -0.633. The molecule has 0 aromatic rings. The first-order valence-electron chi connectivity index (χ1n) is 7.71. The Balaban J connectivity index is -0.000000120. The van der Waals surface area contributed by atoms with E-state index in [0.717, 1.165) is 29.6 Å². The maximum atomic E-state index is 7.50. The van der Waals surface area contributed by atoms with Crippen molar-refractivity contribution >= 4 is 15.9 Å². The van der Waals surface area contributed by atoms with Gasteiger partial charge in [0.15, 0.2) is 0 Å². The van der Waals surface area contributed by atoms with E-state index in [2.05, 4.69) is 80.7 Å². The minimum absolute atomic E-state index is 0. The monoisotopic (exact) mass is 429 g/mol. The van der Waals surface area contributed by atoms with Gasteiger partial charge in [0.05, 0.1) is 0 Å². The smallest absolute Gasteiger partial charge is 1.00 e. The van der Waals surface area contributed by atoms with Crippen molar-refractivity contribution in [1.29, 1.82) is 0 Å². The zero-order valence-corrected chi connectivity index (χ0v) is 19.8. The Kier molecular flexibility index (Phi) is 20.9. The van der Waals surface area contributed by atoms with Gasteiger partial charge in [0.2, 0.25) is 0 Å². The molecule has 1 rings (SSSR count). The maximum absolute atomic E-state index is 7.50. The minimum Gasteiger partial charge on any atom is 1.00 e. The van der Waals surface area contributed by atoms with Crippen LogP contribution in [0.3, 0.4) is 0 Å². The fraction of sp³-hybridized carbons (Fsp3) is 0.882. The molecule has 22 heavy (non-hydrogen) atoms. The van der Waals surface area contributed by atoms with Gasteiger partial charge in [0.1, 0.15) is 0 Å². The molecule has 0 aromatic carbocycles. The summed E-state index contributed by atoms with van der Waals surface area (Å²) in [5, 5.41) is 0. The first-order chi connectivity index (χ1) is 9.50. The van der Waals surface area contributed by atoms with Gasteiger partial charge in [-0.05, 0) is 29.6 Å². The standard InChI is InChI=1S/C10H20.C5H15Si2.2CO.Ru/c1-6-7(2)9(4)10(5)8(6)3;1-6(2)7(3,4)5;2*1-2;/h6-10H,1-5H3;1-5H3;;;/q;;;;+1. The maximum Gasteiger partial charge on any atom is 1.00 e. The molecule has 0 atom stereocenters. The van der Waals surface area contributed by atoms with Crippen LogP contribution in [0.2, 0.25) is 32.7 Å². The number of rotatable bonds is 1. The molecule has 0 bridgehead atoms. The largest absolute Gasteiger partial charge is 1.00 e. The Morgan fingerprint density at radius 3 is 0.773 bits per heavy atom. The van der Waals surface area contributed by atoms with Crippen molar-refractivity contribution in [3.05, 3.63) is 13.3 Å². The van der Waals surface area contributed by atoms with Crippen molar-refractivity contribution in [3.8, 4) is 0 Å². The Morgan fingerprint density at radius 1 is 0.636 bits per heavy atom. The van der Waals surface area contributed by atoms with Crippen LogP contribution in [0.4, 0.5) is 0 Å². The van der Waals surface area contributed by atoms with E-state index < -0.39 is 7.59 Å². The van der Waals surface area contributed by atoms with Crippen LogP contribution in [0.25, 0.3) is 0 Å². The van der Waals surface area contributed by atoms with Crippen LogP contribution >= 0.6 is 0 Å². The average Bonchev–Trinajstić information content (AvgIpc) is 2.61. The van der Waals surface area contributed by atoms with E-state index >= 15 is 0 Å². The van der Waals surface area contributed by atoms with Gasteiger partial charge in [-0.15, -0.1) is 0 Å². The van der Waals surface area contributed by atoms with Crippen LogP contribution in [0.1, 0.15) is 34.6 Å². The Bertz CT molecular complexity index is 247. The second kappa shape index (κ2) is 15.1. The third-order valence-corrected chi connectivity index (χ3v) is 17.6. The molecular formula is C17H35O2RuSi2+. The molecule has 1 saturated carbocycles. The summed E-state index contributed by atoms with van der Waals surface area (Å²) in [5.41, 5.74) is 0. The molecule has 0 aromatic heterocycles. The van der Waals surface area contributed by atoms with E-state index in [-0.39, 0.29) is 27.8 Å². The third-order valence-electron chi connectivity index (χ3n) is 5.65. The van der Waals surface area contributed by atoms with Crippen molar-refractivity contribution in [2.24, 2.45) is 29.6 Å². The van der Waals surface area contributed by atoms with Crippen LogP contribution in [-0.4, -0.2) is 15.9 Å². The number of hydrogen-bond acceptors (Lipinski definition) is 0. The summed E-state index contributed by atoms with van der Waals surface area (Å²) in [6.07, 6.45) is 0. The molecule has 0 aliphatic heterocycles. The van der Waals surface area contributed by atoms with Gasteiger partial charge in [-0.1, -0.05) is 67.4 Å². The van der Waals surface area contributed by atoms with Gasteiger partial charge in [0, 0.05) is 15.9 Å². The van der Waals surface area contributed by atoms with Crippen molar-refractivity contribution in [1.82, 2.24) is 0 Å². The number of hydrogen-bond donors (Lipinski definition) is 0. The molecule has 5 heteroatoms. The van der Waals surface area contributed by atoms with E-state index in [9.17, 15) is 0 Å². The summed E-state index contributed by atoms with van der Waals surface area (Å²) >= 11 is 0. The van der Waals surface area contributed by atoms with Gasteiger partial charge < -0.3 is 0 Å². The Labute approximate surface area is 154 Å². The van der Waals surface area contributed by atoms with Crippen LogP contribution in [0.15, 0.2) is 0 Å². The molecule has 1 aliphatic rings. The van der Waals surface area contributed by atoms with Gasteiger partial charge in [-0.2, -0.15) is 0 Å². The summed E-state index contributed by atoms with van der Waals surface area (Å²) in [4.78, 5) is 0. The van der Waals surface area contributed by atoms with Crippen molar-refractivity contribution in [2.75, 3.05) is 0 Å². The van der Waals surface area contributed by atoms with Gasteiger partial charge in [0.25, 0.3) is 0 Å².